The van der Waals surface area contributed by atoms with Crippen LogP contribution in [0.25, 0.3) is 10.9 Å². The number of carboxylic acids is 1. The van der Waals surface area contributed by atoms with E-state index in [1.165, 1.54) is 47.5 Å². The zero-order chi connectivity index (χ0) is 33.6. The molecule has 1 fully saturated rings. The maximum atomic E-state index is 13.6. The van der Waals surface area contributed by atoms with E-state index in [2.05, 4.69) is 9.71 Å². The Morgan fingerprint density at radius 1 is 0.783 bits per heavy atom. The van der Waals surface area contributed by atoms with E-state index in [1.807, 2.05) is 0 Å². The summed E-state index contributed by atoms with van der Waals surface area (Å²) in [6.07, 6.45) is -3.04. The number of amides is 2. The molecule has 0 atom stereocenters. The Labute approximate surface area is 259 Å². The lowest BCUT2D eigenvalue weighted by molar-refractivity contribution is -0.192. The largest absolute Gasteiger partial charge is 0.490 e. The first-order valence-electron chi connectivity index (χ1n) is 13.5. The van der Waals surface area contributed by atoms with Crippen molar-refractivity contribution in [3.63, 3.8) is 0 Å². The Morgan fingerprint density at radius 2 is 1.35 bits per heavy atom. The molecule has 0 bridgehead atoms. The summed E-state index contributed by atoms with van der Waals surface area (Å²) in [7, 11) is -3.93. The molecule has 1 aliphatic rings. The van der Waals surface area contributed by atoms with Crippen LogP contribution in [0.1, 0.15) is 27.1 Å². The van der Waals surface area contributed by atoms with Crippen LogP contribution in [0.4, 0.5) is 27.6 Å². The highest BCUT2D eigenvalue weighted by Crippen LogP contribution is 2.24. The number of benzene rings is 3. The quantitative estimate of drug-likeness (QED) is 0.289. The molecule has 0 radical (unpaired) electrons. The number of fused-ring (bicyclic) bond motifs is 1. The minimum Gasteiger partial charge on any atom is -0.475 e. The second-order valence-corrected chi connectivity index (χ2v) is 11.5. The van der Waals surface area contributed by atoms with E-state index in [9.17, 15) is 40.0 Å². The van der Waals surface area contributed by atoms with Crippen LogP contribution >= 0.6 is 0 Å². The normalized spacial score (nSPS) is 13.8. The van der Waals surface area contributed by atoms with Crippen LogP contribution < -0.4 is 4.72 Å². The summed E-state index contributed by atoms with van der Waals surface area (Å²) in [5, 5.41) is 7.82. The summed E-state index contributed by atoms with van der Waals surface area (Å²) >= 11 is 0. The Morgan fingerprint density at radius 3 is 1.93 bits per heavy atom. The van der Waals surface area contributed by atoms with E-state index in [1.54, 1.807) is 29.2 Å². The summed E-state index contributed by atoms with van der Waals surface area (Å²) in [6.45, 7) is 1.27. The number of anilines is 1. The van der Waals surface area contributed by atoms with Gasteiger partial charge in [0.2, 0.25) is 0 Å². The van der Waals surface area contributed by atoms with Crippen LogP contribution in [-0.2, 0) is 14.8 Å². The number of nitrogens with one attached hydrogen (secondary N) is 1. The summed E-state index contributed by atoms with van der Waals surface area (Å²) in [4.78, 5) is 42.2. The average Bonchev–Trinajstić information content (AvgIpc) is 3.28. The standard InChI is InChI=1S/C28H24F2N4O4S.C2HF3O2/c29-23-12-9-21(18-24(23)30)28(36)34-15-3-14-33(16-17-34)27(35)20-7-10-22(11-8-20)32-39(37,38)25-6-1-4-19-5-2-13-31-26(19)25;3-2(4,5)1(6)7/h1-2,4-13,18,32H,3,14-17H2;(H,6,7). The number of pyridine rings is 1. The van der Waals surface area contributed by atoms with Gasteiger partial charge in [-0.1, -0.05) is 18.2 Å². The van der Waals surface area contributed by atoms with Crippen molar-refractivity contribution >= 4 is 44.4 Å². The van der Waals surface area contributed by atoms with Gasteiger partial charge in [-0.05, 0) is 61.0 Å². The van der Waals surface area contributed by atoms with Crippen molar-refractivity contribution in [2.24, 2.45) is 0 Å². The Bertz CT molecular complexity index is 1860. The number of alkyl halides is 3. The minimum atomic E-state index is -5.08. The molecule has 2 N–H and O–H groups in total. The van der Waals surface area contributed by atoms with Gasteiger partial charge < -0.3 is 14.9 Å². The smallest absolute Gasteiger partial charge is 0.475 e. The second-order valence-electron chi connectivity index (χ2n) is 9.88. The highest BCUT2D eigenvalue weighted by Gasteiger charge is 2.38. The van der Waals surface area contributed by atoms with Gasteiger partial charge in [-0.3, -0.25) is 19.3 Å². The van der Waals surface area contributed by atoms with Gasteiger partial charge in [-0.15, -0.1) is 0 Å². The molecule has 10 nitrogen and oxygen atoms in total. The number of aliphatic carboxylic acids is 1. The summed E-state index contributed by atoms with van der Waals surface area (Å²) in [5.41, 5.74) is 1.06. The highest BCUT2D eigenvalue weighted by molar-refractivity contribution is 7.93. The molecule has 2 amide bonds. The number of para-hydroxylation sites is 1. The third-order valence-corrected chi connectivity index (χ3v) is 8.16. The zero-order valence-electron chi connectivity index (χ0n) is 23.7. The molecule has 4 aromatic rings. The number of sulfonamides is 1. The lowest BCUT2D eigenvalue weighted by Crippen LogP contribution is -2.37. The number of nitrogens with zero attached hydrogens (tertiary/aromatic N) is 3. The van der Waals surface area contributed by atoms with E-state index < -0.39 is 39.7 Å². The number of halogens is 5. The van der Waals surface area contributed by atoms with E-state index in [0.717, 1.165) is 12.1 Å². The first kappa shape index (κ1) is 33.8. The molecule has 242 valence electrons. The molecule has 0 spiro atoms. The van der Waals surface area contributed by atoms with E-state index >= 15 is 0 Å². The molecule has 2 heterocycles. The SMILES string of the molecule is O=C(O)C(F)(F)F.O=C(c1ccc(NS(=O)(=O)c2cccc3cccnc23)cc1)N1CCCN(C(=O)c2ccc(F)c(F)c2)CC1. The van der Waals surface area contributed by atoms with Crippen LogP contribution in [0.2, 0.25) is 0 Å². The zero-order valence-corrected chi connectivity index (χ0v) is 24.5. The van der Waals surface area contributed by atoms with Crippen molar-refractivity contribution in [3.8, 4) is 0 Å². The monoisotopic (exact) mass is 664 g/mol. The third-order valence-electron chi connectivity index (χ3n) is 6.75. The van der Waals surface area contributed by atoms with Gasteiger partial charge in [0.1, 0.15) is 4.90 Å². The van der Waals surface area contributed by atoms with Crippen molar-refractivity contribution in [2.75, 3.05) is 30.9 Å². The number of carboxylic acid groups (broad SMARTS) is 1. The van der Waals surface area contributed by atoms with Crippen molar-refractivity contribution in [2.45, 2.75) is 17.5 Å². The molecule has 0 unspecified atom stereocenters. The molecular formula is C30H25F5N4O6S. The second kappa shape index (κ2) is 13.9. The van der Waals surface area contributed by atoms with E-state index in [-0.39, 0.29) is 29.5 Å². The van der Waals surface area contributed by atoms with Gasteiger partial charge in [-0.25, -0.2) is 22.0 Å². The predicted molar refractivity (Wildman–Crippen MR) is 155 cm³/mol. The molecular weight excluding hydrogens is 639 g/mol. The fourth-order valence-corrected chi connectivity index (χ4v) is 5.74. The van der Waals surface area contributed by atoms with Gasteiger partial charge in [0.25, 0.3) is 21.8 Å². The molecule has 46 heavy (non-hydrogen) atoms. The lowest BCUT2D eigenvalue weighted by atomic mass is 10.2. The number of carbonyl (C=O) groups is 3. The number of carbonyl (C=O) groups excluding carboxylic acids is 2. The predicted octanol–water partition coefficient (Wildman–Crippen LogP) is 4.94. The molecule has 0 saturated carbocycles. The molecule has 5 rings (SSSR count). The number of rotatable bonds is 5. The molecule has 1 saturated heterocycles. The number of aromatic nitrogens is 1. The fourth-order valence-electron chi connectivity index (χ4n) is 4.50. The van der Waals surface area contributed by atoms with Gasteiger partial charge in [0, 0.05) is 54.6 Å². The highest BCUT2D eigenvalue weighted by atomic mass is 32.2. The molecule has 1 aliphatic heterocycles. The number of hydrogen-bond acceptors (Lipinski definition) is 6. The first-order valence-corrected chi connectivity index (χ1v) is 15.0. The summed E-state index contributed by atoms with van der Waals surface area (Å²) in [6, 6.07) is 17.5. The van der Waals surface area contributed by atoms with Crippen molar-refractivity contribution in [3.05, 3.63) is 102 Å². The van der Waals surface area contributed by atoms with Crippen LogP contribution in [0, 0.1) is 11.6 Å². The average molecular weight is 665 g/mol. The topological polar surface area (TPSA) is 137 Å². The molecule has 3 aromatic carbocycles. The molecule has 0 aliphatic carbocycles. The minimum absolute atomic E-state index is 0.0472. The van der Waals surface area contributed by atoms with Crippen LogP contribution in [0.5, 0.6) is 0 Å². The van der Waals surface area contributed by atoms with Crippen molar-refractivity contribution < 1.29 is 49.9 Å². The van der Waals surface area contributed by atoms with E-state index in [0.29, 0.717) is 41.7 Å². The van der Waals surface area contributed by atoms with Gasteiger partial charge in [0.05, 0.1) is 5.52 Å². The van der Waals surface area contributed by atoms with Crippen LogP contribution in [0.3, 0.4) is 0 Å². The van der Waals surface area contributed by atoms with Gasteiger partial charge in [-0.2, -0.15) is 13.2 Å². The van der Waals surface area contributed by atoms with Crippen LogP contribution in [0.15, 0.2) is 83.9 Å². The van der Waals surface area contributed by atoms with Gasteiger partial charge in [0.15, 0.2) is 11.6 Å². The first-order chi connectivity index (χ1) is 21.7. The number of hydrogen-bond donors (Lipinski definition) is 2. The Kier molecular flexibility index (Phi) is 10.2. The maximum Gasteiger partial charge on any atom is 0.490 e. The third kappa shape index (κ3) is 8.12. The lowest BCUT2D eigenvalue weighted by Gasteiger charge is -2.22. The Hall–Kier alpha value is -5.12. The molecule has 16 heteroatoms. The van der Waals surface area contributed by atoms with Crippen molar-refractivity contribution in [1.29, 1.82) is 0 Å². The fraction of sp³-hybridized carbons (Fsp3) is 0.200. The van der Waals surface area contributed by atoms with Crippen LogP contribution in [-0.4, -0.2) is 78.4 Å². The van der Waals surface area contributed by atoms with Crippen molar-refractivity contribution in [1.82, 2.24) is 14.8 Å². The van der Waals surface area contributed by atoms with Gasteiger partial charge >= 0.3 is 12.1 Å². The maximum absolute atomic E-state index is 13.6. The Balaban J connectivity index is 0.000000617. The summed E-state index contributed by atoms with van der Waals surface area (Å²) in [5.74, 6) is -5.56. The van der Waals surface area contributed by atoms with E-state index in [4.69, 9.17) is 9.90 Å². The summed E-state index contributed by atoms with van der Waals surface area (Å²) < 4.78 is 87.2. The molecule has 1 aromatic heterocycles.